The number of nitrogens with two attached hydrogens (primary N) is 1. The van der Waals surface area contributed by atoms with Crippen LogP contribution in [0.1, 0.15) is 6.92 Å². The van der Waals surface area contributed by atoms with Gasteiger partial charge in [-0.1, -0.05) is 11.6 Å². The SMILES string of the molecule is CC1=NN(c2ccc(S(N)(=O)=O)cc2)C(=O)C1N=Nc1cc(Cl)ccc1O. The van der Waals surface area contributed by atoms with Gasteiger partial charge in [0, 0.05) is 5.02 Å². The van der Waals surface area contributed by atoms with E-state index in [2.05, 4.69) is 15.3 Å². The molecule has 0 aliphatic carbocycles. The van der Waals surface area contributed by atoms with E-state index in [4.69, 9.17) is 16.7 Å². The third-order valence-electron chi connectivity index (χ3n) is 3.72. The van der Waals surface area contributed by atoms with E-state index in [1.165, 1.54) is 42.5 Å². The monoisotopic (exact) mass is 407 g/mol. The summed E-state index contributed by atoms with van der Waals surface area (Å²) in [6.45, 7) is 1.61. The normalized spacial score (nSPS) is 17.6. The van der Waals surface area contributed by atoms with E-state index in [1.807, 2.05) is 0 Å². The second kappa shape index (κ2) is 7.06. The Morgan fingerprint density at radius 1 is 1.22 bits per heavy atom. The van der Waals surface area contributed by atoms with Crippen molar-refractivity contribution < 1.29 is 18.3 Å². The van der Waals surface area contributed by atoms with Gasteiger partial charge in [-0.05, 0) is 49.4 Å². The first-order valence-corrected chi connectivity index (χ1v) is 9.50. The fourth-order valence-corrected chi connectivity index (χ4v) is 3.03. The lowest BCUT2D eigenvalue weighted by Gasteiger charge is -2.12. The van der Waals surface area contributed by atoms with Crippen molar-refractivity contribution in [1.82, 2.24) is 0 Å². The molecule has 1 aliphatic rings. The molecule has 0 aromatic heterocycles. The highest BCUT2D eigenvalue weighted by molar-refractivity contribution is 7.89. The molecule has 0 saturated carbocycles. The molecule has 140 valence electrons. The minimum atomic E-state index is -3.83. The summed E-state index contributed by atoms with van der Waals surface area (Å²) in [5.41, 5.74) is 0.870. The lowest BCUT2D eigenvalue weighted by molar-refractivity contribution is -0.117. The molecule has 1 heterocycles. The zero-order valence-corrected chi connectivity index (χ0v) is 15.5. The van der Waals surface area contributed by atoms with Crippen molar-refractivity contribution in [3.63, 3.8) is 0 Å². The Morgan fingerprint density at radius 2 is 1.89 bits per heavy atom. The number of azo groups is 1. The Kier molecular flexibility index (Phi) is 4.96. The fraction of sp³-hybridized carbons (Fsp3) is 0.125. The topological polar surface area (TPSA) is 138 Å². The summed E-state index contributed by atoms with van der Waals surface area (Å²) in [6, 6.07) is 8.69. The second-order valence-electron chi connectivity index (χ2n) is 5.68. The molecule has 0 saturated heterocycles. The van der Waals surface area contributed by atoms with Crippen molar-refractivity contribution in [2.45, 2.75) is 17.9 Å². The smallest absolute Gasteiger partial charge is 0.280 e. The van der Waals surface area contributed by atoms with Crippen molar-refractivity contribution in [2.24, 2.45) is 20.5 Å². The summed E-state index contributed by atoms with van der Waals surface area (Å²) in [6.07, 6.45) is 0. The number of aromatic hydroxyl groups is 1. The summed E-state index contributed by atoms with van der Waals surface area (Å²) in [5.74, 6) is -0.597. The van der Waals surface area contributed by atoms with E-state index in [-0.39, 0.29) is 16.3 Å². The summed E-state index contributed by atoms with van der Waals surface area (Å²) in [4.78, 5) is 12.5. The van der Waals surface area contributed by atoms with Crippen LogP contribution in [0.5, 0.6) is 5.75 Å². The number of anilines is 1. The Bertz CT molecular complexity index is 1070. The first kappa shape index (κ1) is 19.0. The van der Waals surface area contributed by atoms with Crippen LogP contribution >= 0.6 is 11.6 Å². The summed E-state index contributed by atoms with van der Waals surface area (Å²) in [7, 11) is -3.83. The van der Waals surface area contributed by atoms with E-state index in [9.17, 15) is 18.3 Å². The first-order chi connectivity index (χ1) is 12.7. The van der Waals surface area contributed by atoms with Gasteiger partial charge in [0.15, 0.2) is 6.04 Å². The predicted octanol–water partition coefficient (Wildman–Crippen LogP) is 2.57. The Labute approximate surface area is 159 Å². The predicted molar refractivity (Wildman–Crippen MR) is 99.8 cm³/mol. The average molecular weight is 408 g/mol. The van der Waals surface area contributed by atoms with Gasteiger partial charge in [-0.2, -0.15) is 20.3 Å². The Hall–Kier alpha value is -2.82. The Balaban J connectivity index is 1.84. The van der Waals surface area contributed by atoms with Gasteiger partial charge >= 0.3 is 0 Å². The number of carbonyl (C=O) groups is 1. The van der Waals surface area contributed by atoms with Crippen LogP contribution in [0.25, 0.3) is 0 Å². The van der Waals surface area contributed by atoms with Crippen LogP contribution in [0.15, 0.2) is 62.7 Å². The van der Waals surface area contributed by atoms with Crippen molar-refractivity contribution >= 4 is 44.6 Å². The molecule has 0 radical (unpaired) electrons. The molecule has 3 rings (SSSR count). The number of amides is 1. The van der Waals surface area contributed by atoms with E-state index in [0.717, 1.165) is 5.01 Å². The molecule has 9 nitrogen and oxygen atoms in total. The van der Waals surface area contributed by atoms with Crippen LogP contribution < -0.4 is 10.1 Å². The van der Waals surface area contributed by atoms with Crippen molar-refractivity contribution in [1.29, 1.82) is 0 Å². The number of nitrogens with zero attached hydrogens (tertiary/aromatic N) is 4. The number of rotatable bonds is 4. The molecule has 2 aromatic carbocycles. The third kappa shape index (κ3) is 3.97. The van der Waals surface area contributed by atoms with Crippen LogP contribution in [0.2, 0.25) is 5.02 Å². The van der Waals surface area contributed by atoms with Gasteiger partial charge in [0.2, 0.25) is 10.0 Å². The van der Waals surface area contributed by atoms with Crippen LogP contribution in [0, 0.1) is 0 Å². The van der Waals surface area contributed by atoms with E-state index in [0.29, 0.717) is 16.4 Å². The molecule has 3 N–H and O–H groups in total. The van der Waals surface area contributed by atoms with Gasteiger partial charge in [0.25, 0.3) is 5.91 Å². The van der Waals surface area contributed by atoms with Crippen LogP contribution in [0.3, 0.4) is 0 Å². The molecule has 1 aliphatic heterocycles. The van der Waals surface area contributed by atoms with Gasteiger partial charge in [-0.25, -0.2) is 13.6 Å². The van der Waals surface area contributed by atoms with Gasteiger partial charge in [0.05, 0.1) is 16.3 Å². The third-order valence-corrected chi connectivity index (χ3v) is 4.89. The number of hydrazone groups is 1. The molecule has 1 atom stereocenters. The van der Waals surface area contributed by atoms with Gasteiger partial charge in [-0.3, -0.25) is 4.79 Å². The van der Waals surface area contributed by atoms with Gasteiger partial charge in [0.1, 0.15) is 11.4 Å². The highest BCUT2D eigenvalue weighted by Crippen LogP contribution is 2.31. The average Bonchev–Trinajstić information content (AvgIpc) is 2.89. The Morgan fingerprint density at radius 3 is 2.52 bits per heavy atom. The lowest BCUT2D eigenvalue weighted by Crippen LogP contribution is -2.29. The quantitative estimate of drug-likeness (QED) is 0.752. The molecule has 27 heavy (non-hydrogen) atoms. The summed E-state index contributed by atoms with van der Waals surface area (Å²) >= 11 is 5.85. The van der Waals surface area contributed by atoms with E-state index >= 15 is 0 Å². The van der Waals surface area contributed by atoms with E-state index < -0.39 is 22.0 Å². The zero-order valence-electron chi connectivity index (χ0n) is 13.9. The van der Waals surface area contributed by atoms with Crippen molar-refractivity contribution in [3.05, 3.63) is 47.5 Å². The highest BCUT2D eigenvalue weighted by atomic mass is 35.5. The summed E-state index contributed by atoms with van der Waals surface area (Å²) in [5, 5.41) is 28.3. The number of halogens is 1. The number of hydrogen-bond acceptors (Lipinski definition) is 7. The standard InChI is InChI=1S/C16H14ClN5O4S/c1-9-15(20-19-13-8-10(17)2-7-14(13)23)16(24)22(21-9)11-3-5-12(6-4-11)27(18,25)26/h2-8,15,23H,1H3,(H2,18,25,26). The lowest BCUT2D eigenvalue weighted by atomic mass is 10.2. The summed E-state index contributed by atoms with van der Waals surface area (Å²) < 4.78 is 22.6. The molecule has 0 bridgehead atoms. The molecule has 11 heteroatoms. The molecule has 2 aromatic rings. The van der Waals surface area contributed by atoms with Crippen LogP contribution in [-0.2, 0) is 14.8 Å². The number of hydrogen-bond donors (Lipinski definition) is 2. The van der Waals surface area contributed by atoms with Crippen molar-refractivity contribution in [2.75, 3.05) is 5.01 Å². The number of carbonyl (C=O) groups excluding carboxylic acids is 1. The minimum Gasteiger partial charge on any atom is -0.506 e. The molecule has 1 amide bonds. The fourth-order valence-electron chi connectivity index (χ4n) is 2.35. The minimum absolute atomic E-state index is 0.0775. The maximum Gasteiger partial charge on any atom is 0.280 e. The molecule has 0 fully saturated rings. The van der Waals surface area contributed by atoms with Gasteiger partial charge < -0.3 is 5.11 Å². The molecular weight excluding hydrogens is 394 g/mol. The molecule has 0 spiro atoms. The maximum atomic E-state index is 12.6. The number of primary sulfonamides is 1. The number of phenols is 1. The van der Waals surface area contributed by atoms with E-state index in [1.54, 1.807) is 6.92 Å². The first-order valence-electron chi connectivity index (χ1n) is 7.58. The largest absolute Gasteiger partial charge is 0.506 e. The second-order valence-corrected chi connectivity index (χ2v) is 7.68. The molecule has 1 unspecified atom stereocenters. The number of phenolic OH excluding ortho intramolecular Hbond substituents is 1. The van der Waals surface area contributed by atoms with Gasteiger partial charge in [-0.15, -0.1) is 0 Å². The molecular formula is C16H14ClN5O4S. The van der Waals surface area contributed by atoms with Crippen molar-refractivity contribution in [3.8, 4) is 5.75 Å². The number of benzene rings is 2. The highest BCUT2D eigenvalue weighted by Gasteiger charge is 2.34. The van der Waals surface area contributed by atoms with Crippen LogP contribution in [0.4, 0.5) is 11.4 Å². The number of sulfonamides is 1. The van der Waals surface area contributed by atoms with Crippen LogP contribution in [-0.4, -0.2) is 31.2 Å². The maximum absolute atomic E-state index is 12.6. The zero-order chi connectivity index (χ0) is 19.8.